The van der Waals surface area contributed by atoms with Crippen molar-refractivity contribution in [1.82, 2.24) is 4.57 Å². The first kappa shape index (κ1) is 35.5. The molecule has 0 spiro atoms. The normalized spacial score (nSPS) is 12.7. The van der Waals surface area contributed by atoms with Crippen LogP contribution in [0.15, 0.2) is 236 Å². The summed E-state index contributed by atoms with van der Waals surface area (Å²) in [5.74, 6) is 0. The number of rotatable bonds is 8. The molecule has 0 saturated carbocycles. The molecule has 2 heteroatoms. The third-order valence-electron chi connectivity index (χ3n) is 12.1. The first-order valence-corrected chi connectivity index (χ1v) is 20.9. The molecule has 11 rings (SSSR count). The van der Waals surface area contributed by atoms with Crippen LogP contribution in [0, 0.1) is 0 Å². The summed E-state index contributed by atoms with van der Waals surface area (Å²) in [5, 5.41) is 5.06. The van der Waals surface area contributed by atoms with E-state index in [1.165, 1.54) is 82.8 Å². The lowest BCUT2D eigenvalue weighted by molar-refractivity contribution is 1.02. The Hall–Kier alpha value is -7.68. The van der Waals surface area contributed by atoms with Gasteiger partial charge in [0, 0.05) is 33.4 Å². The highest BCUT2D eigenvalue weighted by Crippen LogP contribution is 2.44. The second-order valence-electron chi connectivity index (χ2n) is 15.6. The van der Waals surface area contributed by atoms with E-state index in [-0.39, 0.29) is 0 Å². The summed E-state index contributed by atoms with van der Waals surface area (Å²) in [4.78, 5) is 2.49. The average Bonchev–Trinajstić information content (AvgIpc) is 3.67. The number of para-hydroxylation sites is 3. The fourth-order valence-corrected chi connectivity index (χ4v) is 9.23. The third kappa shape index (κ3) is 6.31. The average molecular weight is 767 g/mol. The highest BCUT2D eigenvalue weighted by Gasteiger charge is 2.23. The number of anilines is 2. The second kappa shape index (κ2) is 15.2. The van der Waals surface area contributed by atoms with Gasteiger partial charge in [-0.1, -0.05) is 182 Å². The molecular weight excluding hydrogens is 725 g/mol. The molecule has 284 valence electrons. The van der Waals surface area contributed by atoms with Crippen LogP contribution in [0.3, 0.4) is 0 Å². The molecule has 0 saturated heterocycles. The van der Waals surface area contributed by atoms with E-state index in [1.807, 2.05) is 0 Å². The molecule has 1 aliphatic carbocycles. The molecule has 1 aromatic heterocycles. The number of allylic oxidation sites excluding steroid dienone is 3. The van der Waals surface area contributed by atoms with Gasteiger partial charge >= 0.3 is 0 Å². The molecular formula is C58H42N2. The van der Waals surface area contributed by atoms with E-state index in [4.69, 9.17) is 0 Å². The molecule has 0 unspecified atom stereocenters. The molecule has 1 aliphatic rings. The summed E-state index contributed by atoms with van der Waals surface area (Å²) in [7, 11) is 0. The maximum Gasteiger partial charge on any atom is 0.0541 e. The summed E-state index contributed by atoms with van der Waals surface area (Å²) in [6, 6.07) is 79.6. The Labute approximate surface area is 351 Å². The first-order valence-electron chi connectivity index (χ1n) is 20.9. The third-order valence-corrected chi connectivity index (χ3v) is 12.1. The zero-order valence-corrected chi connectivity index (χ0v) is 33.2. The Morgan fingerprint density at radius 1 is 0.383 bits per heavy atom. The van der Waals surface area contributed by atoms with E-state index in [1.54, 1.807) is 0 Å². The summed E-state index contributed by atoms with van der Waals surface area (Å²) < 4.78 is 2.40. The van der Waals surface area contributed by atoms with Gasteiger partial charge in [0.25, 0.3) is 0 Å². The second-order valence-corrected chi connectivity index (χ2v) is 15.6. The van der Waals surface area contributed by atoms with Crippen molar-refractivity contribution in [1.29, 1.82) is 0 Å². The lowest BCUT2D eigenvalue weighted by Gasteiger charge is -2.32. The predicted molar refractivity (Wildman–Crippen MR) is 255 cm³/mol. The van der Waals surface area contributed by atoms with Crippen LogP contribution in [-0.2, 0) is 0 Å². The van der Waals surface area contributed by atoms with Crippen LogP contribution in [0.4, 0.5) is 11.4 Å². The van der Waals surface area contributed by atoms with E-state index in [9.17, 15) is 0 Å². The van der Waals surface area contributed by atoms with E-state index >= 15 is 0 Å². The van der Waals surface area contributed by atoms with Crippen LogP contribution in [-0.4, -0.2) is 4.57 Å². The molecule has 10 aromatic rings. The smallest absolute Gasteiger partial charge is 0.0541 e. The summed E-state index contributed by atoms with van der Waals surface area (Å²) in [6.45, 7) is 0. The number of hydrogen-bond donors (Lipinski definition) is 0. The van der Waals surface area contributed by atoms with Crippen molar-refractivity contribution in [2.45, 2.75) is 12.8 Å². The highest BCUT2D eigenvalue weighted by molar-refractivity contribution is 6.09. The fourth-order valence-electron chi connectivity index (χ4n) is 9.23. The van der Waals surface area contributed by atoms with Gasteiger partial charge in [-0.15, -0.1) is 0 Å². The Morgan fingerprint density at radius 3 is 1.67 bits per heavy atom. The predicted octanol–water partition coefficient (Wildman–Crippen LogP) is 15.8. The Bertz CT molecular complexity index is 3160. The summed E-state index contributed by atoms with van der Waals surface area (Å²) in [6.07, 6.45) is 6.61. The Morgan fingerprint density at radius 2 is 0.917 bits per heavy atom. The molecule has 0 amide bonds. The van der Waals surface area contributed by atoms with E-state index < -0.39 is 0 Å². The quantitative estimate of drug-likeness (QED) is 0.150. The maximum atomic E-state index is 2.49. The van der Waals surface area contributed by atoms with Crippen LogP contribution >= 0.6 is 0 Å². The highest BCUT2D eigenvalue weighted by atomic mass is 15.2. The van der Waals surface area contributed by atoms with E-state index in [0.717, 1.165) is 29.9 Å². The van der Waals surface area contributed by atoms with Crippen LogP contribution in [0.5, 0.6) is 0 Å². The summed E-state index contributed by atoms with van der Waals surface area (Å²) >= 11 is 0. The van der Waals surface area contributed by atoms with Gasteiger partial charge in [-0.25, -0.2) is 0 Å². The molecule has 2 nitrogen and oxygen atoms in total. The van der Waals surface area contributed by atoms with Gasteiger partial charge in [0.15, 0.2) is 0 Å². The molecule has 0 bridgehead atoms. The van der Waals surface area contributed by atoms with Gasteiger partial charge in [0.1, 0.15) is 0 Å². The zero-order valence-electron chi connectivity index (χ0n) is 33.2. The van der Waals surface area contributed by atoms with Crippen molar-refractivity contribution in [2.24, 2.45) is 0 Å². The zero-order chi connectivity index (χ0) is 39.8. The first-order chi connectivity index (χ1) is 29.8. The Kier molecular flexibility index (Phi) is 9.02. The minimum atomic E-state index is 0.944. The van der Waals surface area contributed by atoms with Crippen LogP contribution < -0.4 is 4.90 Å². The van der Waals surface area contributed by atoms with Crippen molar-refractivity contribution in [3.8, 4) is 39.1 Å². The van der Waals surface area contributed by atoms with Crippen molar-refractivity contribution < 1.29 is 0 Å². The lowest BCUT2D eigenvalue weighted by Crippen LogP contribution is -2.19. The van der Waals surface area contributed by atoms with E-state index in [2.05, 4.69) is 240 Å². The van der Waals surface area contributed by atoms with Gasteiger partial charge in [0.2, 0.25) is 0 Å². The molecule has 9 aromatic carbocycles. The fraction of sp³-hybridized carbons (Fsp3) is 0.0345. The number of nitrogens with zero attached hydrogens (tertiary/aromatic N) is 2. The SMILES string of the molecule is C1=CC(N(c2ccc(-c3cccc4ccccc34)cc2)c2ccccc2-c2ccc(-c3ccccc3)cc2)=C(c2ccc(-n3c4ccccc4c4ccccc43)cc2)CC1. The van der Waals surface area contributed by atoms with Gasteiger partial charge in [-0.3, -0.25) is 0 Å². The number of benzene rings is 9. The van der Waals surface area contributed by atoms with E-state index in [0.29, 0.717) is 0 Å². The standard InChI is InChI=1S/C58H42N2/c1-2-15-41(16-3-1)42-29-31-45(32-30-42)51-20-6-10-25-55(51)59(47-37-33-44(34-38-47)50-24-14-18-43-17-4-5-19-49(43)50)56-26-11-7-21-52(56)46-35-39-48(40-36-46)60-57-27-12-8-22-53(57)54-23-9-13-28-58(54)60/h1-6,8-20,22-40H,7,21H2. The van der Waals surface area contributed by atoms with Gasteiger partial charge in [0.05, 0.1) is 16.7 Å². The van der Waals surface area contributed by atoms with Crippen molar-refractivity contribution >= 4 is 49.5 Å². The number of aromatic nitrogens is 1. The van der Waals surface area contributed by atoms with Crippen LogP contribution in [0.25, 0.3) is 77.2 Å². The molecule has 60 heavy (non-hydrogen) atoms. The number of hydrogen-bond acceptors (Lipinski definition) is 1. The molecule has 0 atom stereocenters. The largest absolute Gasteiger partial charge is 0.310 e. The van der Waals surface area contributed by atoms with Gasteiger partial charge in [-0.05, 0) is 111 Å². The lowest BCUT2D eigenvalue weighted by atomic mass is 9.92. The Balaban J connectivity index is 1.05. The van der Waals surface area contributed by atoms with Crippen molar-refractivity contribution in [3.05, 3.63) is 242 Å². The maximum absolute atomic E-state index is 2.49. The molecule has 0 radical (unpaired) electrons. The van der Waals surface area contributed by atoms with Crippen LogP contribution in [0.1, 0.15) is 18.4 Å². The van der Waals surface area contributed by atoms with Crippen molar-refractivity contribution in [2.75, 3.05) is 4.90 Å². The van der Waals surface area contributed by atoms with Crippen molar-refractivity contribution in [3.63, 3.8) is 0 Å². The van der Waals surface area contributed by atoms with Crippen LogP contribution in [0.2, 0.25) is 0 Å². The minimum absolute atomic E-state index is 0.944. The monoisotopic (exact) mass is 766 g/mol. The molecule has 0 aliphatic heterocycles. The van der Waals surface area contributed by atoms with Gasteiger partial charge in [-0.2, -0.15) is 0 Å². The molecule has 0 fully saturated rings. The molecule has 1 heterocycles. The number of fused-ring (bicyclic) bond motifs is 4. The molecule has 0 N–H and O–H groups in total. The van der Waals surface area contributed by atoms with Gasteiger partial charge < -0.3 is 9.47 Å². The summed E-state index contributed by atoms with van der Waals surface area (Å²) in [5.41, 5.74) is 16.9. The minimum Gasteiger partial charge on any atom is -0.310 e. The topological polar surface area (TPSA) is 8.17 Å².